The van der Waals surface area contributed by atoms with E-state index in [1.807, 2.05) is 13.0 Å². The quantitative estimate of drug-likeness (QED) is 0.822. The molecular formula is C15H21NO3. The van der Waals surface area contributed by atoms with Gasteiger partial charge in [-0.05, 0) is 51.3 Å². The summed E-state index contributed by atoms with van der Waals surface area (Å²) in [4.78, 5) is 4.77. The average molecular weight is 263 g/mol. The number of nitrogens with zero attached hydrogens (tertiary/aromatic N) is 1. The van der Waals surface area contributed by atoms with E-state index in [9.17, 15) is 0 Å². The molecule has 0 spiro atoms. The molecule has 2 fully saturated rings. The fourth-order valence-corrected chi connectivity index (χ4v) is 2.81. The largest absolute Gasteiger partial charge is 0.369 e. The SMILES string of the molecule is Cc1cc(C2(C)CCCO2)nc(C2(C)OCCO2)c1. The average Bonchev–Trinajstić information content (AvgIpc) is 2.99. The maximum atomic E-state index is 5.89. The van der Waals surface area contributed by atoms with Gasteiger partial charge >= 0.3 is 0 Å². The van der Waals surface area contributed by atoms with Crippen molar-refractivity contribution in [1.29, 1.82) is 0 Å². The Hall–Kier alpha value is -0.970. The minimum absolute atomic E-state index is 0.268. The van der Waals surface area contributed by atoms with Crippen molar-refractivity contribution in [2.75, 3.05) is 19.8 Å². The topological polar surface area (TPSA) is 40.6 Å². The Labute approximate surface area is 114 Å². The van der Waals surface area contributed by atoms with Gasteiger partial charge in [-0.3, -0.25) is 0 Å². The molecule has 3 heterocycles. The van der Waals surface area contributed by atoms with E-state index in [0.29, 0.717) is 13.2 Å². The summed E-state index contributed by atoms with van der Waals surface area (Å²) in [6.45, 7) is 8.18. The number of rotatable bonds is 2. The van der Waals surface area contributed by atoms with Crippen molar-refractivity contribution in [3.63, 3.8) is 0 Å². The first kappa shape index (κ1) is 13.0. The molecule has 2 aliphatic heterocycles. The fourth-order valence-electron chi connectivity index (χ4n) is 2.81. The summed E-state index contributed by atoms with van der Waals surface area (Å²) in [7, 11) is 0. The Morgan fingerprint density at radius 2 is 1.68 bits per heavy atom. The predicted molar refractivity (Wildman–Crippen MR) is 70.8 cm³/mol. The molecule has 1 aromatic rings. The highest BCUT2D eigenvalue weighted by Gasteiger charge is 2.38. The third-order valence-corrected chi connectivity index (χ3v) is 4.03. The van der Waals surface area contributed by atoms with Crippen LogP contribution in [0.3, 0.4) is 0 Å². The lowest BCUT2D eigenvalue weighted by Crippen LogP contribution is -2.28. The molecule has 0 bridgehead atoms. The number of hydrogen-bond donors (Lipinski definition) is 0. The van der Waals surface area contributed by atoms with Gasteiger partial charge in [0.15, 0.2) is 0 Å². The van der Waals surface area contributed by atoms with E-state index in [1.54, 1.807) is 0 Å². The maximum Gasteiger partial charge on any atom is 0.209 e. The molecule has 1 atom stereocenters. The summed E-state index contributed by atoms with van der Waals surface area (Å²) in [6, 6.07) is 4.14. The van der Waals surface area contributed by atoms with Crippen LogP contribution in [0.5, 0.6) is 0 Å². The standard InChI is InChI=1S/C15H21NO3/c1-11-9-12(14(2)5-4-6-17-14)16-13(10-11)15(3)18-7-8-19-15/h9-10H,4-8H2,1-3H3. The Morgan fingerprint density at radius 3 is 2.32 bits per heavy atom. The molecule has 0 aliphatic carbocycles. The summed E-state index contributed by atoms with van der Waals surface area (Å²) < 4.78 is 17.3. The zero-order valence-electron chi connectivity index (χ0n) is 11.9. The first-order valence-corrected chi connectivity index (χ1v) is 6.93. The Bertz CT molecular complexity index is 434. The van der Waals surface area contributed by atoms with Gasteiger partial charge in [0.1, 0.15) is 5.60 Å². The lowest BCUT2D eigenvalue weighted by molar-refractivity contribution is -0.153. The summed E-state index contributed by atoms with van der Waals surface area (Å²) in [6.07, 6.45) is 2.10. The molecule has 2 saturated heterocycles. The van der Waals surface area contributed by atoms with E-state index in [0.717, 1.165) is 36.4 Å². The van der Waals surface area contributed by atoms with E-state index in [4.69, 9.17) is 19.2 Å². The monoisotopic (exact) mass is 263 g/mol. The smallest absolute Gasteiger partial charge is 0.209 e. The van der Waals surface area contributed by atoms with E-state index < -0.39 is 5.79 Å². The van der Waals surface area contributed by atoms with Crippen molar-refractivity contribution in [3.8, 4) is 0 Å². The Balaban J connectivity index is 2.01. The second-order valence-electron chi connectivity index (χ2n) is 5.74. The van der Waals surface area contributed by atoms with Gasteiger partial charge in [-0.1, -0.05) is 0 Å². The first-order valence-electron chi connectivity index (χ1n) is 6.93. The highest BCUT2D eigenvalue weighted by Crippen LogP contribution is 2.37. The van der Waals surface area contributed by atoms with Crippen LogP contribution in [0.2, 0.25) is 0 Å². The highest BCUT2D eigenvalue weighted by molar-refractivity contribution is 5.26. The van der Waals surface area contributed by atoms with Crippen molar-refractivity contribution in [2.24, 2.45) is 0 Å². The molecule has 104 valence electrons. The Morgan fingerprint density at radius 1 is 1.00 bits per heavy atom. The van der Waals surface area contributed by atoms with Crippen LogP contribution >= 0.6 is 0 Å². The van der Waals surface area contributed by atoms with Crippen molar-refractivity contribution in [3.05, 3.63) is 29.1 Å². The van der Waals surface area contributed by atoms with Crippen molar-refractivity contribution in [1.82, 2.24) is 4.98 Å². The van der Waals surface area contributed by atoms with E-state index in [2.05, 4.69) is 19.9 Å². The molecule has 19 heavy (non-hydrogen) atoms. The van der Waals surface area contributed by atoms with Gasteiger partial charge in [-0.2, -0.15) is 0 Å². The Kier molecular flexibility index (Phi) is 3.12. The number of aryl methyl sites for hydroxylation is 1. The molecule has 0 N–H and O–H groups in total. The zero-order valence-corrected chi connectivity index (χ0v) is 11.9. The fraction of sp³-hybridized carbons (Fsp3) is 0.667. The zero-order chi connectivity index (χ0) is 13.5. The van der Waals surface area contributed by atoms with Crippen LogP contribution in [0.15, 0.2) is 12.1 Å². The molecule has 0 amide bonds. The van der Waals surface area contributed by atoms with Crippen LogP contribution in [0.1, 0.15) is 43.6 Å². The molecule has 1 unspecified atom stereocenters. The van der Waals surface area contributed by atoms with Crippen LogP contribution in [0.4, 0.5) is 0 Å². The predicted octanol–water partition coefficient (Wildman–Crippen LogP) is 2.64. The van der Waals surface area contributed by atoms with Crippen molar-refractivity contribution < 1.29 is 14.2 Å². The molecular weight excluding hydrogens is 242 g/mol. The normalized spacial score (nSPS) is 29.8. The van der Waals surface area contributed by atoms with E-state index in [1.165, 1.54) is 0 Å². The summed E-state index contributed by atoms with van der Waals surface area (Å²) in [5.74, 6) is -0.713. The molecule has 2 aliphatic rings. The van der Waals surface area contributed by atoms with Gasteiger partial charge in [0.05, 0.1) is 24.6 Å². The van der Waals surface area contributed by atoms with Gasteiger partial charge in [-0.25, -0.2) is 4.98 Å². The maximum absolute atomic E-state index is 5.89. The van der Waals surface area contributed by atoms with E-state index in [-0.39, 0.29) is 5.60 Å². The van der Waals surface area contributed by atoms with Crippen LogP contribution in [0, 0.1) is 6.92 Å². The van der Waals surface area contributed by atoms with Crippen LogP contribution in [-0.2, 0) is 25.6 Å². The second-order valence-corrected chi connectivity index (χ2v) is 5.74. The molecule has 0 saturated carbocycles. The van der Waals surface area contributed by atoms with Crippen LogP contribution < -0.4 is 0 Å². The number of pyridine rings is 1. The minimum atomic E-state index is -0.713. The second kappa shape index (κ2) is 4.54. The number of aromatic nitrogens is 1. The van der Waals surface area contributed by atoms with Crippen molar-refractivity contribution in [2.45, 2.75) is 45.0 Å². The molecule has 3 rings (SSSR count). The number of hydrogen-bond acceptors (Lipinski definition) is 4. The van der Waals surface area contributed by atoms with Gasteiger partial charge < -0.3 is 14.2 Å². The molecule has 4 nitrogen and oxygen atoms in total. The lowest BCUT2D eigenvalue weighted by atomic mass is 9.96. The van der Waals surface area contributed by atoms with Gasteiger partial charge in [0.2, 0.25) is 5.79 Å². The van der Waals surface area contributed by atoms with E-state index >= 15 is 0 Å². The first-order chi connectivity index (χ1) is 9.02. The van der Waals surface area contributed by atoms with Crippen molar-refractivity contribution >= 4 is 0 Å². The highest BCUT2D eigenvalue weighted by atomic mass is 16.7. The van der Waals surface area contributed by atoms with Gasteiger partial charge in [0.25, 0.3) is 0 Å². The molecule has 4 heteroatoms. The van der Waals surface area contributed by atoms with Gasteiger partial charge in [0, 0.05) is 6.61 Å². The lowest BCUT2D eigenvalue weighted by Gasteiger charge is -2.27. The molecule has 0 aromatic carbocycles. The van der Waals surface area contributed by atoms with Crippen LogP contribution in [0.25, 0.3) is 0 Å². The van der Waals surface area contributed by atoms with Gasteiger partial charge in [-0.15, -0.1) is 0 Å². The molecule has 0 radical (unpaired) electrons. The minimum Gasteiger partial charge on any atom is -0.369 e. The molecule has 1 aromatic heterocycles. The van der Waals surface area contributed by atoms with Crippen LogP contribution in [-0.4, -0.2) is 24.8 Å². The number of ether oxygens (including phenoxy) is 3. The summed E-state index contributed by atoms with van der Waals surface area (Å²) in [5.41, 5.74) is 2.73. The third kappa shape index (κ3) is 2.29. The summed E-state index contributed by atoms with van der Waals surface area (Å²) in [5, 5.41) is 0. The summed E-state index contributed by atoms with van der Waals surface area (Å²) >= 11 is 0. The third-order valence-electron chi connectivity index (χ3n) is 4.03.